The second kappa shape index (κ2) is 5.81. The first-order valence-corrected chi connectivity index (χ1v) is 8.76. The molecule has 1 aromatic carbocycles. The van der Waals surface area contributed by atoms with Gasteiger partial charge in [-0.05, 0) is 62.9 Å². The summed E-state index contributed by atoms with van der Waals surface area (Å²) in [4.78, 5) is 11.6. The van der Waals surface area contributed by atoms with E-state index in [1.165, 1.54) is 16.9 Å². The van der Waals surface area contributed by atoms with E-state index in [1.807, 2.05) is 38.1 Å². The summed E-state index contributed by atoms with van der Waals surface area (Å²) in [6.45, 7) is 4.55. The molecule has 4 rings (SSSR count). The lowest BCUT2D eigenvalue weighted by Gasteiger charge is -2.09. The summed E-state index contributed by atoms with van der Waals surface area (Å²) in [5.74, 6) is 3.04. The second-order valence-electron chi connectivity index (χ2n) is 5.62. The van der Waals surface area contributed by atoms with Crippen LogP contribution in [0.4, 0.5) is 0 Å². The smallest absolute Gasteiger partial charge is 0.231 e. The number of thiophene rings is 1. The quantitative estimate of drug-likeness (QED) is 0.698. The average molecular weight is 326 g/mol. The number of hydrogen-bond acceptors (Lipinski definition) is 5. The summed E-state index contributed by atoms with van der Waals surface area (Å²) >= 11 is 1.78. The summed E-state index contributed by atoms with van der Waals surface area (Å²) in [6, 6.07) is 7.67. The lowest BCUT2D eigenvalue weighted by Crippen LogP contribution is -1.95. The number of nitrogens with zero attached hydrogens (tertiary/aromatic N) is 2. The van der Waals surface area contributed by atoms with Gasteiger partial charge >= 0.3 is 0 Å². The molecule has 0 spiro atoms. The van der Waals surface area contributed by atoms with Gasteiger partial charge in [-0.1, -0.05) is 0 Å². The number of aryl methyl sites for hydroxylation is 3. The van der Waals surface area contributed by atoms with Crippen molar-refractivity contribution in [1.82, 2.24) is 9.97 Å². The lowest BCUT2D eigenvalue weighted by atomic mass is 10.2. The molecule has 0 bridgehead atoms. The molecule has 0 radical (unpaired) electrons. The van der Waals surface area contributed by atoms with Gasteiger partial charge in [0.1, 0.15) is 22.2 Å². The van der Waals surface area contributed by atoms with E-state index in [1.54, 1.807) is 11.3 Å². The molecule has 3 aromatic rings. The molecule has 0 aliphatic heterocycles. The maximum atomic E-state index is 6.09. The Morgan fingerprint density at radius 3 is 2.65 bits per heavy atom. The number of fused-ring (bicyclic) bond motifs is 3. The molecule has 2 heterocycles. The lowest BCUT2D eigenvalue weighted by molar-refractivity contribution is 0.339. The molecule has 118 valence electrons. The zero-order valence-electron chi connectivity index (χ0n) is 13.3. The van der Waals surface area contributed by atoms with Gasteiger partial charge in [-0.2, -0.15) is 4.98 Å². The first-order valence-electron chi connectivity index (χ1n) is 7.94. The molecule has 23 heavy (non-hydrogen) atoms. The van der Waals surface area contributed by atoms with E-state index in [0.717, 1.165) is 40.4 Å². The van der Waals surface area contributed by atoms with Crippen molar-refractivity contribution in [2.75, 3.05) is 6.61 Å². The summed E-state index contributed by atoms with van der Waals surface area (Å²) < 4.78 is 11.6. The number of ether oxygens (including phenoxy) is 2. The van der Waals surface area contributed by atoms with Gasteiger partial charge in [-0.25, -0.2) is 4.98 Å². The highest BCUT2D eigenvalue weighted by molar-refractivity contribution is 7.19. The van der Waals surface area contributed by atoms with Crippen LogP contribution in [0.3, 0.4) is 0 Å². The molecule has 0 N–H and O–H groups in total. The van der Waals surface area contributed by atoms with E-state index in [0.29, 0.717) is 12.5 Å². The van der Waals surface area contributed by atoms with Crippen LogP contribution in [0.2, 0.25) is 0 Å². The first kappa shape index (κ1) is 14.5. The highest BCUT2D eigenvalue weighted by Crippen LogP contribution is 2.41. The largest absolute Gasteiger partial charge is 0.494 e. The van der Waals surface area contributed by atoms with Crippen LogP contribution >= 0.6 is 11.3 Å². The Morgan fingerprint density at radius 2 is 1.87 bits per heavy atom. The monoisotopic (exact) mass is 326 g/mol. The minimum Gasteiger partial charge on any atom is -0.494 e. The van der Waals surface area contributed by atoms with Crippen molar-refractivity contribution in [3.05, 3.63) is 40.5 Å². The molecule has 1 aliphatic carbocycles. The normalized spacial score (nSPS) is 13.3. The molecular weight excluding hydrogens is 308 g/mol. The van der Waals surface area contributed by atoms with Crippen LogP contribution in [0.5, 0.6) is 17.4 Å². The Kier molecular flexibility index (Phi) is 3.65. The Morgan fingerprint density at radius 1 is 1.09 bits per heavy atom. The Labute approximate surface area is 139 Å². The fourth-order valence-corrected chi connectivity index (χ4v) is 4.32. The molecule has 0 unspecified atom stereocenters. The standard InChI is InChI=1S/C18H18N2O2S/c1-3-21-12-7-9-13(10-8-12)22-17-16-14-5-4-6-15(14)23-18(16)20-11(2)19-17/h7-10H,3-6H2,1-2H3. The van der Waals surface area contributed by atoms with Crippen LogP contribution in [0.15, 0.2) is 24.3 Å². The van der Waals surface area contributed by atoms with Crippen LogP contribution in [0.25, 0.3) is 10.2 Å². The van der Waals surface area contributed by atoms with Crippen molar-refractivity contribution in [3.63, 3.8) is 0 Å². The Bertz CT molecular complexity index is 856. The fraction of sp³-hybridized carbons (Fsp3) is 0.333. The van der Waals surface area contributed by atoms with E-state index >= 15 is 0 Å². The average Bonchev–Trinajstić information content (AvgIpc) is 3.09. The topological polar surface area (TPSA) is 44.2 Å². The van der Waals surface area contributed by atoms with Crippen LogP contribution < -0.4 is 9.47 Å². The minimum absolute atomic E-state index is 0.660. The van der Waals surface area contributed by atoms with Crippen molar-refractivity contribution in [2.24, 2.45) is 0 Å². The van der Waals surface area contributed by atoms with Gasteiger partial charge in [-0.15, -0.1) is 11.3 Å². The third-order valence-electron chi connectivity index (χ3n) is 3.99. The van der Waals surface area contributed by atoms with E-state index in [4.69, 9.17) is 9.47 Å². The van der Waals surface area contributed by atoms with Crippen molar-refractivity contribution in [2.45, 2.75) is 33.1 Å². The molecule has 2 aromatic heterocycles. The zero-order valence-corrected chi connectivity index (χ0v) is 14.1. The molecule has 1 aliphatic rings. The van der Waals surface area contributed by atoms with Gasteiger partial charge in [-0.3, -0.25) is 0 Å². The summed E-state index contributed by atoms with van der Waals surface area (Å²) in [5.41, 5.74) is 1.38. The summed E-state index contributed by atoms with van der Waals surface area (Å²) in [5, 5.41) is 1.10. The molecule has 0 amide bonds. The molecule has 4 nitrogen and oxygen atoms in total. The van der Waals surface area contributed by atoms with E-state index < -0.39 is 0 Å². The third kappa shape index (κ3) is 2.65. The molecule has 0 fully saturated rings. The molecule has 0 saturated heterocycles. The number of rotatable bonds is 4. The van der Waals surface area contributed by atoms with E-state index in [9.17, 15) is 0 Å². The highest BCUT2D eigenvalue weighted by Gasteiger charge is 2.22. The van der Waals surface area contributed by atoms with Gasteiger partial charge < -0.3 is 9.47 Å². The Balaban J connectivity index is 1.73. The maximum Gasteiger partial charge on any atom is 0.231 e. The SMILES string of the molecule is CCOc1ccc(Oc2nc(C)nc3sc4c(c23)CCC4)cc1. The predicted molar refractivity (Wildman–Crippen MR) is 91.9 cm³/mol. The van der Waals surface area contributed by atoms with Crippen molar-refractivity contribution in [1.29, 1.82) is 0 Å². The highest BCUT2D eigenvalue weighted by atomic mass is 32.1. The van der Waals surface area contributed by atoms with Crippen molar-refractivity contribution in [3.8, 4) is 17.4 Å². The van der Waals surface area contributed by atoms with Crippen LogP contribution in [-0.4, -0.2) is 16.6 Å². The third-order valence-corrected chi connectivity index (χ3v) is 5.18. The Hall–Kier alpha value is -2.14. The number of hydrogen-bond donors (Lipinski definition) is 0. The van der Waals surface area contributed by atoms with E-state index in [-0.39, 0.29) is 0 Å². The predicted octanol–water partition coefficient (Wildman–Crippen LogP) is 4.68. The van der Waals surface area contributed by atoms with Gasteiger partial charge in [0.25, 0.3) is 0 Å². The number of aromatic nitrogens is 2. The molecule has 0 saturated carbocycles. The van der Waals surface area contributed by atoms with E-state index in [2.05, 4.69) is 9.97 Å². The van der Waals surface area contributed by atoms with Gasteiger partial charge in [0, 0.05) is 4.88 Å². The summed E-state index contributed by atoms with van der Waals surface area (Å²) in [7, 11) is 0. The molecule has 0 atom stereocenters. The van der Waals surface area contributed by atoms with Crippen LogP contribution in [0.1, 0.15) is 29.6 Å². The molecule has 5 heteroatoms. The first-order chi connectivity index (χ1) is 11.2. The minimum atomic E-state index is 0.660. The fourth-order valence-electron chi connectivity index (χ4n) is 3.02. The van der Waals surface area contributed by atoms with Crippen molar-refractivity contribution >= 4 is 21.6 Å². The summed E-state index contributed by atoms with van der Waals surface area (Å²) in [6.07, 6.45) is 3.47. The zero-order chi connectivity index (χ0) is 15.8. The number of benzene rings is 1. The molecular formula is C18H18N2O2S. The van der Waals surface area contributed by atoms with Gasteiger partial charge in [0.2, 0.25) is 5.88 Å². The van der Waals surface area contributed by atoms with Crippen LogP contribution in [-0.2, 0) is 12.8 Å². The second-order valence-corrected chi connectivity index (χ2v) is 6.70. The maximum absolute atomic E-state index is 6.09. The van der Waals surface area contributed by atoms with Gasteiger partial charge in [0.05, 0.1) is 12.0 Å². The van der Waals surface area contributed by atoms with Crippen molar-refractivity contribution < 1.29 is 9.47 Å². The van der Waals surface area contributed by atoms with Gasteiger partial charge in [0.15, 0.2) is 0 Å². The van der Waals surface area contributed by atoms with Crippen LogP contribution in [0, 0.1) is 6.92 Å².